The summed E-state index contributed by atoms with van der Waals surface area (Å²) < 4.78 is 8.35. The maximum atomic E-state index is 12.9. The number of amides is 1. The summed E-state index contributed by atoms with van der Waals surface area (Å²) in [5.74, 6) is 0.0233. The molecule has 7 rings (SSSR count). The first-order valence-corrected chi connectivity index (χ1v) is 14.9. The van der Waals surface area contributed by atoms with Crippen LogP contribution in [0.3, 0.4) is 0 Å². The highest BCUT2D eigenvalue weighted by molar-refractivity contribution is 6.06. The molecule has 2 aromatic heterocycles. The minimum Gasteiger partial charge on any atom is -0.394 e. The second kappa shape index (κ2) is 12.4. The standard InChI is InChI=1S/C36H32N6O3/c43-23-30-21-41(36(27-15-7-2-8-16-27,28-17-9-3-10-18-28)29-19-11-4-12-20-29)22-31(45-30)42-25-39-32-33(37-24-38-34(32)42)40-35(44)26-13-5-1-6-14-26/h1-20,24-25,30-31,43H,21-23H2,(H,37,38,40,44)/t30-,31+/m0/s1. The number of anilines is 1. The van der Waals surface area contributed by atoms with Crippen molar-refractivity contribution in [2.45, 2.75) is 17.9 Å². The number of hydrogen-bond acceptors (Lipinski definition) is 7. The van der Waals surface area contributed by atoms with Crippen molar-refractivity contribution < 1.29 is 14.6 Å². The van der Waals surface area contributed by atoms with Crippen molar-refractivity contribution in [3.8, 4) is 0 Å². The maximum Gasteiger partial charge on any atom is 0.256 e. The van der Waals surface area contributed by atoms with E-state index in [9.17, 15) is 9.90 Å². The number of aliphatic hydroxyl groups excluding tert-OH is 1. The topological polar surface area (TPSA) is 105 Å². The highest BCUT2D eigenvalue weighted by Gasteiger charge is 2.46. The number of nitrogens with zero attached hydrogens (tertiary/aromatic N) is 5. The Bertz CT molecular complexity index is 1790. The summed E-state index contributed by atoms with van der Waals surface area (Å²) in [5, 5.41) is 13.4. The minimum atomic E-state index is -0.695. The van der Waals surface area contributed by atoms with Crippen LogP contribution in [0.15, 0.2) is 134 Å². The number of carbonyl (C=O) groups excluding carboxylic acids is 1. The molecule has 2 atom stereocenters. The van der Waals surface area contributed by atoms with Crippen LogP contribution in [0.4, 0.5) is 5.82 Å². The molecule has 0 unspecified atom stereocenters. The largest absolute Gasteiger partial charge is 0.394 e. The lowest BCUT2D eigenvalue weighted by atomic mass is 9.75. The third-order valence-electron chi connectivity index (χ3n) is 8.34. The van der Waals surface area contributed by atoms with Gasteiger partial charge in [0.15, 0.2) is 17.0 Å². The fraction of sp³-hybridized carbons (Fsp3) is 0.167. The third kappa shape index (κ3) is 5.27. The molecule has 1 fully saturated rings. The molecule has 0 bridgehead atoms. The zero-order valence-corrected chi connectivity index (χ0v) is 24.5. The molecule has 4 aromatic carbocycles. The van der Waals surface area contributed by atoms with Crippen molar-refractivity contribution in [1.29, 1.82) is 0 Å². The molecule has 0 saturated carbocycles. The molecule has 9 nitrogen and oxygen atoms in total. The molecule has 1 saturated heterocycles. The number of fused-ring (bicyclic) bond motifs is 1. The van der Waals surface area contributed by atoms with E-state index in [0.717, 1.165) is 16.7 Å². The molecule has 0 radical (unpaired) electrons. The number of hydrogen-bond donors (Lipinski definition) is 2. The average molecular weight is 597 g/mol. The van der Waals surface area contributed by atoms with Crippen LogP contribution in [-0.2, 0) is 10.3 Å². The van der Waals surface area contributed by atoms with Crippen LogP contribution in [0.25, 0.3) is 11.2 Å². The van der Waals surface area contributed by atoms with E-state index in [0.29, 0.717) is 35.6 Å². The highest BCUT2D eigenvalue weighted by atomic mass is 16.5. The number of carbonyl (C=O) groups is 1. The lowest BCUT2D eigenvalue weighted by Crippen LogP contribution is -2.57. The summed E-state index contributed by atoms with van der Waals surface area (Å²) in [6.45, 7) is 0.767. The van der Waals surface area contributed by atoms with Crippen LogP contribution in [0.2, 0.25) is 0 Å². The van der Waals surface area contributed by atoms with E-state index in [1.165, 1.54) is 6.33 Å². The number of rotatable bonds is 8. The first-order chi connectivity index (χ1) is 22.2. The van der Waals surface area contributed by atoms with Gasteiger partial charge >= 0.3 is 0 Å². The van der Waals surface area contributed by atoms with Gasteiger partial charge in [0.2, 0.25) is 0 Å². The van der Waals surface area contributed by atoms with Gasteiger partial charge in [0.25, 0.3) is 5.91 Å². The quantitative estimate of drug-likeness (QED) is 0.231. The van der Waals surface area contributed by atoms with Crippen molar-refractivity contribution >= 4 is 22.9 Å². The zero-order chi connectivity index (χ0) is 30.6. The summed E-state index contributed by atoms with van der Waals surface area (Å²) in [6.07, 6.45) is 2.03. The molecule has 1 amide bonds. The van der Waals surface area contributed by atoms with E-state index in [1.807, 2.05) is 41.0 Å². The first-order valence-electron chi connectivity index (χ1n) is 14.9. The Labute approximate surface area is 260 Å². The Morgan fingerprint density at radius 1 is 0.778 bits per heavy atom. The fourth-order valence-corrected chi connectivity index (χ4v) is 6.35. The number of nitrogens with one attached hydrogen (secondary N) is 1. The van der Waals surface area contributed by atoms with E-state index >= 15 is 0 Å². The summed E-state index contributed by atoms with van der Waals surface area (Å²) in [4.78, 5) is 28.8. The number of ether oxygens (including phenoxy) is 1. The van der Waals surface area contributed by atoms with Gasteiger partial charge in [-0.15, -0.1) is 0 Å². The first kappa shape index (κ1) is 28.5. The summed E-state index contributed by atoms with van der Waals surface area (Å²) >= 11 is 0. The molecule has 6 aromatic rings. The number of aliphatic hydroxyl groups is 1. The Balaban J connectivity index is 1.32. The van der Waals surface area contributed by atoms with Crippen molar-refractivity contribution in [2.24, 2.45) is 0 Å². The van der Waals surface area contributed by atoms with Gasteiger partial charge in [0, 0.05) is 18.7 Å². The monoisotopic (exact) mass is 596 g/mol. The minimum absolute atomic E-state index is 0.165. The normalized spacial score (nSPS) is 17.3. The van der Waals surface area contributed by atoms with Gasteiger partial charge < -0.3 is 15.2 Å². The van der Waals surface area contributed by atoms with Gasteiger partial charge in [-0.05, 0) is 28.8 Å². The molecular formula is C36H32N6O3. The maximum absolute atomic E-state index is 12.9. The fourth-order valence-electron chi connectivity index (χ4n) is 6.35. The van der Waals surface area contributed by atoms with Crippen molar-refractivity contribution in [3.05, 3.63) is 156 Å². The average Bonchev–Trinajstić information content (AvgIpc) is 3.56. The van der Waals surface area contributed by atoms with Gasteiger partial charge in [0.1, 0.15) is 12.6 Å². The molecule has 1 aliphatic heterocycles. The van der Waals surface area contributed by atoms with Crippen LogP contribution < -0.4 is 5.32 Å². The summed E-state index contributed by atoms with van der Waals surface area (Å²) in [5.41, 5.74) is 4.08. The second-order valence-electron chi connectivity index (χ2n) is 11.0. The molecular weight excluding hydrogens is 564 g/mol. The Hall–Kier alpha value is -5.22. The van der Waals surface area contributed by atoms with Crippen molar-refractivity contribution in [2.75, 3.05) is 25.0 Å². The van der Waals surface area contributed by atoms with E-state index in [4.69, 9.17) is 4.74 Å². The smallest absolute Gasteiger partial charge is 0.256 e. The molecule has 224 valence electrons. The highest BCUT2D eigenvalue weighted by Crippen LogP contribution is 2.44. The van der Waals surface area contributed by atoms with E-state index in [2.05, 4.69) is 98.0 Å². The van der Waals surface area contributed by atoms with Crippen LogP contribution in [0, 0.1) is 0 Å². The number of imidazole rings is 1. The number of morpholine rings is 1. The van der Waals surface area contributed by atoms with Gasteiger partial charge in [-0.25, -0.2) is 15.0 Å². The summed E-state index contributed by atoms with van der Waals surface area (Å²) in [7, 11) is 0. The molecule has 0 aliphatic carbocycles. The van der Waals surface area contributed by atoms with Gasteiger partial charge in [-0.1, -0.05) is 109 Å². The Kier molecular flexibility index (Phi) is 7.87. The van der Waals surface area contributed by atoms with E-state index in [1.54, 1.807) is 18.5 Å². The van der Waals surface area contributed by atoms with Gasteiger partial charge in [-0.2, -0.15) is 0 Å². The van der Waals surface area contributed by atoms with Crippen molar-refractivity contribution in [1.82, 2.24) is 24.4 Å². The predicted octanol–water partition coefficient (Wildman–Crippen LogP) is 5.26. The van der Waals surface area contributed by atoms with Gasteiger partial charge in [-0.3, -0.25) is 14.3 Å². The SMILES string of the molecule is O=C(Nc1ncnc2c1ncn2[C@H]1CN(C(c2ccccc2)(c2ccccc2)c2ccccc2)C[C@@H](CO)O1)c1ccccc1. The molecule has 3 heterocycles. The van der Waals surface area contributed by atoms with Crippen LogP contribution in [0.5, 0.6) is 0 Å². The molecule has 9 heteroatoms. The zero-order valence-electron chi connectivity index (χ0n) is 24.5. The molecule has 45 heavy (non-hydrogen) atoms. The Morgan fingerprint density at radius 2 is 1.33 bits per heavy atom. The second-order valence-corrected chi connectivity index (χ2v) is 11.0. The molecule has 1 aliphatic rings. The number of aromatic nitrogens is 4. The molecule has 2 N–H and O–H groups in total. The number of benzene rings is 4. The summed E-state index contributed by atoms with van der Waals surface area (Å²) in [6, 6.07) is 40.3. The lowest BCUT2D eigenvalue weighted by molar-refractivity contribution is -0.148. The lowest BCUT2D eigenvalue weighted by Gasteiger charge is -2.50. The predicted molar refractivity (Wildman–Crippen MR) is 171 cm³/mol. The van der Waals surface area contributed by atoms with Crippen LogP contribution in [0.1, 0.15) is 33.3 Å². The van der Waals surface area contributed by atoms with Crippen molar-refractivity contribution in [3.63, 3.8) is 0 Å². The van der Waals surface area contributed by atoms with E-state index < -0.39 is 17.9 Å². The van der Waals surface area contributed by atoms with Crippen LogP contribution in [-0.4, -0.2) is 61.2 Å². The molecule has 0 spiro atoms. The third-order valence-corrected chi connectivity index (χ3v) is 8.34. The van der Waals surface area contributed by atoms with Crippen LogP contribution >= 0.6 is 0 Å². The van der Waals surface area contributed by atoms with E-state index in [-0.39, 0.29) is 12.5 Å². The van der Waals surface area contributed by atoms with Gasteiger partial charge in [0.05, 0.1) is 24.6 Å². The Morgan fingerprint density at radius 3 is 1.89 bits per heavy atom.